The van der Waals surface area contributed by atoms with Gasteiger partial charge in [-0.25, -0.2) is 0 Å². The smallest absolute Gasteiger partial charge is 0.275 e. The maximum atomic E-state index is 10.9. The minimum atomic E-state index is -0.415. The Labute approximate surface area is 111 Å². The third-order valence-electron chi connectivity index (χ3n) is 2.54. The molecule has 1 N–H and O–H groups in total. The highest BCUT2D eigenvalue weighted by Gasteiger charge is 2.16. The van der Waals surface area contributed by atoms with Crippen molar-refractivity contribution in [2.24, 2.45) is 5.92 Å². The quantitative estimate of drug-likeness (QED) is 0.612. The van der Waals surface area contributed by atoms with Crippen molar-refractivity contribution in [3.05, 3.63) is 38.9 Å². The number of nitrogens with zero attached hydrogens (tertiary/aromatic N) is 1. The molecule has 18 heavy (non-hydrogen) atoms. The molecular weight excluding hydrogens is 256 g/mol. The minimum absolute atomic E-state index is 0.0504. The first kappa shape index (κ1) is 14.9. The molecule has 0 saturated heterocycles. The van der Waals surface area contributed by atoms with Crippen LogP contribution in [0.3, 0.4) is 0 Å². The van der Waals surface area contributed by atoms with Gasteiger partial charge in [-0.2, -0.15) is 0 Å². The molecule has 6 heteroatoms. The van der Waals surface area contributed by atoms with Crippen LogP contribution >= 0.6 is 11.6 Å². The summed E-state index contributed by atoms with van der Waals surface area (Å²) in [5, 5.41) is 14.4. The molecule has 0 radical (unpaired) electrons. The van der Waals surface area contributed by atoms with Crippen molar-refractivity contribution >= 4 is 17.3 Å². The minimum Gasteiger partial charge on any atom is -0.384 e. The molecule has 1 rings (SSSR count). The first-order valence-electron chi connectivity index (χ1n) is 5.67. The Morgan fingerprint density at radius 3 is 2.89 bits per heavy atom. The van der Waals surface area contributed by atoms with Crippen molar-refractivity contribution in [3.8, 4) is 0 Å². The predicted molar refractivity (Wildman–Crippen MR) is 70.9 cm³/mol. The van der Waals surface area contributed by atoms with E-state index in [4.69, 9.17) is 16.3 Å². The molecule has 0 aliphatic rings. The van der Waals surface area contributed by atoms with Crippen LogP contribution in [0.5, 0.6) is 0 Å². The summed E-state index contributed by atoms with van der Waals surface area (Å²) in [4.78, 5) is 10.5. The fraction of sp³-hybridized carbons (Fsp3) is 0.500. The summed E-state index contributed by atoms with van der Waals surface area (Å²) in [6.45, 7) is 3.79. The maximum Gasteiger partial charge on any atom is 0.275 e. The maximum absolute atomic E-state index is 10.9. The zero-order valence-electron chi connectivity index (χ0n) is 10.5. The van der Waals surface area contributed by atoms with Gasteiger partial charge in [-0.1, -0.05) is 24.6 Å². The molecule has 1 atom stereocenters. The molecule has 5 nitrogen and oxygen atoms in total. The summed E-state index contributed by atoms with van der Waals surface area (Å²) in [6, 6.07) is 4.70. The standard InChI is InChI=1S/C12H17ClN2O3/c1-9(8-18-2)6-14-7-10-11(13)4-3-5-12(10)15(16)17/h3-5,9,14H,6-8H2,1-2H3. The molecule has 0 aliphatic heterocycles. The van der Waals surface area contributed by atoms with Gasteiger partial charge in [0.25, 0.3) is 5.69 Å². The summed E-state index contributed by atoms with van der Waals surface area (Å²) in [6.07, 6.45) is 0. The second-order valence-corrected chi connectivity index (χ2v) is 4.59. The van der Waals surface area contributed by atoms with E-state index in [0.29, 0.717) is 29.7 Å². The summed E-state index contributed by atoms with van der Waals surface area (Å²) in [7, 11) is 1.65. The summed E-state index contributed by atoms with van der Waals surface area (Å²) in [5.41, 5.74) is 0.572. The molecule has 0 fully saturated rings. The monoisotopic (exact) mass is 272 g/mol. The third kappa shape index (κ3) is 4.25. The number of nitrogens with one attached hydrogen (secondary N) is 1. The molecule has 0 bridgehead atoms. The molecule has 0 heterocycles. The third-order valence-corrected chi connectivity index (χ3v) is 2.89. The summed E-state index contributed by atoms with van der Waals surface area (Å²) in [5.74, 6) is 0.344. The number of benzene rings is 1. The molecule has 1 aromatic carbocycles. The number of rotatable bonds is 7. The van der Waals surface area contributed by atoms with E-state index in [-0.39, 0.29) is 5.69 Å². The normalized spacial score (nSPS) is 12.4. The van der Waals surface area contributed by atoms with Gasteiger partial charge in [0.2, 0.25) is 0 Å². The van der Waals surface area contributed by atoms with Gasteiger partial charge in [0, 0.05) is 32.9 Å². The Balaban J connectivity index is 2.64. The van der Waals surface area contributed by atoms with Gasteiger partial charge in [0.1, 0.15) is 0 Å². The van der Waals surface area contributed by atoms with E-state index in [9.17, 15) is 10.1 Å². The van der Waals surface area contributed by atoms with Crippen molar-refractivity contribution in [1.82, 2.24) is 5.32 Å². The van der Waals surface area contributed by atoms with E-state index in [1.165, 1.54) is 6.07 Å². The van der Waals surface area contributed by atoms with Crippen molar-refractivity contribution in [2.75, 3.05) is 20.3 Å². The highest BCUT2D eigenvalue weighted by atomic mass is 35.5. The lowest BCUT2D eigenvalue weighted by Gasteiger charge is -2.12. The molecule has 1 aromatic rings. The number of nitro groups is 1. The van der Waals surface area contributed by atoms with Crippen LogP contribution in [0.2, 0.25) is 5.02 Å². The Morgan fingerprint density at radius 1 is 1.56 bits per heavy atom. The number of hydrogen-bond donors (Lipinski definition) is 1. The van der Waals surface area contributed by atoms with Gasteiger partial charge in [-0.3, -0.25) is 10.1 Å². The number of nitro benzene ring substituents is 1. The number of ether oxygens (including phenoxy) is 1. The van der Waals surface area contributed by atoms with Crippen LogP contribution in [0.25, 0.3) is 0 Å². The SMILES string of the molecule is COCC(C)CNCc1c(Cl)cccc1[N+](=O)[O-]. The second kappa shape index (κ2) is 7.31. The van der Waals surface area contributed by atoms with Gasteiger partial charge in [-0.05, 0) is 12.0 Å². The average Bonchev–Trinajstić information content (AvgIpc) is 2.31. The summed E-state index contributed by atoms with van der Waals surface area (Å²) >= 11 is 5.98. The topological polar surface area (TPSA) is 64.4 Å². The first-order chi connectivity index (χ1) is 8.56. The van der Waals surface area contributed by atoms with Crippen molar-refractivity contribution in [3.63, 3.8) is 0 Å². The highest BCUT2D eigenvalue weighted by molar-refractivity contribution is 6.31. The lowest BCUT2D eigenvalue weighted by atomic mass is 10.1. The molecular formula is C12H17ClN2O3. The van der Waals surface area contributed by atoms with E-state index in [1.54, 1.807) is 19.2 Å². The van der Waals surface area contributed by atoms with Gasteiger partial charge in [0.15, 0.2) is 0 Å². The second-order valence-electron chi connectivity index (χ2n) is 4.19. The van der Waals surface area contributed by atoms with Crippen LogP contribution in [-0.4, -0.2) is 25.2 Å². The van der Waals surface area contributed by atoms with Crippen LogP contribution < -0.4 is 5.32 Å². The molecule has 0 aliphatic carbocycles. The number of halogens is 1. The van der Waals surface area contributed by atoms with E-state index in [1.807, 2.05) is 6.92 Å². The molecule has 0 spiro atoms. The van der Waals surface area contributed by atoms with Crippen molar-refractivity contribution < 1.29 is 9.66 Å². The Kier molecular flexibility index (Phi) is 6.04. The predicted octanol–water partition coefficient (Wildman–Crippen LogP) is 2.62. The zero-order valence-corrected chi connectivity index (χ0v) is 11.2. The fourth-order valence-corrected chi connectivity index (χ4v) is 1.92. The van der Waals surface area contributed by atoms with Gasteiger partial charge in [0.05, 0.1) is 15.5 Å². The van der Waals surface area contributed by atoms with Crippen molar-refractivity contribution in [1.29, 1.82) is 0 Å². The Hall–Kier alpha value is -1.17. The highest BCUT2D eigenvalue weighted by Crippen LogP contribution is 2.25. The van der Waals surface area contributed by atoms with Gasteiger partial charge >= 0.3 is 0 Å². The molecule has 0 saturated carbocycles. The van der Waals surface area contributed by atoms with Crippen LogP contribution in [0.15, 0.2) is 18.2 Å². The molecule has 0 amide bonds. The lowest BCUT2D eigenvalue weighted by molar-refractivity contribution is -0.385. The van der Waals surface area contributed by atoms with Crippen LogP contribution in [-0.2, 0) is 11.3 Å². The van der Waals surface area contributed by atoms with Crippen LogP contribution in [0, 0.1) is 16.0 Å². The number of hydrogen-bond acceptors (Lipinski definition) is 4. The average molecular weight is 273 g/mol. The molecule has 0 aromatic heterocycles. The van der Waals surface area contributed by atoms with Gasteiger partial charge in [-0.15, -0.1) is 0 Å². The van der Waals surface area contributed by atoms with Crippen LogP contribution in [0.4, 0.5) is 5.69 Å². The zero-order chi connectivity index (χ0) is 13.5. The molecule has 1 unspecified atom stereocenters. The van der Waals surface area contributed by atoms with E-state index in [0.717, 1.165) is 6.54 Å². The first-order valence-corrected chi connectivity index (χ1v) is 6.05. The number of methoxy groups -OCH3 is 1. The Bertz CT molecular complexity index is 412. The van der Waals surface area contributed by atoms with Gasteiger partial charge < -0.3 is 10.1 Å². The van der Waals surface area contributed by atoms with E-state index < -0.39 is 4.92 Å². The Morgan fingerprint density at radius 2 is 2.28 bits per heavy atom. The fourth-order valence-electron chi connectivity index (χ4n) is 1.68. The molecule has 100 valence electrons. The van der Waals surface area contributed by atoms with Crippen molar-refractivity contribution in [2.45, 2.75) is 13.5 Å². The lowest BCUT2D eigenvalue weighted by Crippen LogP contribution is -2.23. The van der Waals surface area contributed by atoms with Crippen LogP contribution in [0.1, 0.15) is 12.5 Å². The van der Waals surface area contributed by atoms with E-state index in [2.05, 4.69) is 5.32 Å². The van der Waals surface area contributed by atoms with E-state index >= 15 is 0 Å². The summed E-state index contributed by atoms with van der Waals surface area (Å²) < 4.78 is 5.02. The largest absolute Gasteiger partial charge is 0.384 e.